The van der Waals surface area contributed by atoms with Crippen LogP contribution in [-0.2, 0) is 0 Å². The molecule has 2 heterocycles. The van der Waals surface area contributed by atoms with Crippen LogP contribution in [0.4, 0.5) is 11.5 Å². The topological polar surface area (TPSA) is 52.6 Å². The smallest absolute Gasteiger partial charge is 0.253 e. The van der Waals surface area contributed by atoms with Gasteiger partial charge in [0.2, 0.25) is 0 Å². The van der Waals surface area contributed by atoms with Gasteiger partial charge in [0, 0.05) is 62.8 Å². The predicted octanol–water partition coefficient (Wildman–Crippen LogP) is 3.29. The molecule has 6 nitrogen and oxygen atoms in total. The molecule has 0 atom stereocenters. The molecule has 150 valence electrons. The van der Waals surface area contributed by atoms with Crippen LogP contribution in [0.5, 0.6) is 0 Å². The Morgan fingerprint density at radius 2 is 1.75 bits per heavy atom. The second-order valence-corrected chi connectivity index (χ2v) is 7.52. The summed E-state index contributed by atoms with van der Waals surface area (Å²) in [5.74, 6) is 1.85. The van der Waals surface area contributed by atoms with Gasteiger partial charge in [-0.1, -0.05) is 13.3 Å². The van der Waals surface area contributed by atoms with E-state index in [2.05, 4.69) is 33.7 Å². The Hall–Kier alpha value is -2.63. The summed E-state index contributed by atoms with van der Waals surface area (Å²) in [6.45, 7) is 10.1. The van der Waals surface area contributed by atoms with Crippen molar-refractivity contribution in [3.63, 3.8) is 0 Å². The van der Waals surface area contributed by atoms with Crippen molar-refractivity contribution < 1.29 is 4.79 Å². The quantitative estimate of drug-likeness (QED) is 0.768. The first-order chi connectivity index (χ1) is 13.5. The lowest BCUT2D eigenvalue weighted by atomic mass is 10.1. The molecule has 1 fully saturated rings. The van der Waals surface area contributed by atoms with E-state index in [-0.39, 0.29) is 5.91 Å². The summed E-state index contributed by atoms with van der Waals surface area (Å²) in [5.41, 5.74) is 2.89. The molecule has 0 bridgehead atoms. The van der Waals surface area contributed by atoms with E-state index in [9.17, 15) is 4.79 Å². The first-order valence-electron chi connectivity index (χ1n) is 10.2. The van der Waals surface area contributed by atoms with Gasteiger partial charge in [-0.25, -0.2) is 9.97 Å². The van der Waals surface area contributed by atoms with Gasteiger partial charge in [0.1, 0.15) is 11.6 Å². The standard InChI is InChI=1S/C22H31N5O/c1-5-6-11-25(4)20-9-7-19(8-10-20)22(28)27-14-12-26(13-15-27)21-16-17(2)23-18(3)24-21/h7-10,16H,5-6,11-15H2,1-4H3. The molecular weight excluding hydrogens is 350 g/mol. The van der Waals surface area contributed by atoms with Crippen LogP contribution in [0.1, 0.15) is 41.6 Å². The maximum Gasteiger partial charge on any atom is 0.253 e. The minimum Gasteiger partial charge on any atom is -0.375 e. The highest BCUT2D eigenvalue weighted by Gasteiger charge is 2.23. The molecule has 0 saturated carbocycles. The molecule has 0 spiro atoms. The van der Waals surface area contributed by atoms with Crippen molar-refractivity contribution in [2.24, 2.45) is 0 Å². The van der Waals surface area contributed by atoms with Gasteiger partial charge in [0.25, 0.3) is 5.91 Å². The first kappa shape index (κ1) is 20.1. The molecule has 28 heavy (non-hydrogen) atoms. The summed E-state index contributed by atoms with van der Waals surface area (Å²) < 4.78 is 0. The number of hydrogen-bond acceptors (Lipinski definition) is 5. The van der Waals surface area contributed by atoms with Crippen LogP contribution in [-0.4, -0.2) is 60.5 Å². The highest BCUT2D eigenvalue weighted by Crippen LogP contribution is 2.18. The number of carbonyl (C=O) groups is 1. The second-order valence-electron chi connectivity index (χ2n) is 7.52. The Balaban J connectivity index is 1.59. The molecule has 0 N–H and O–H groups in total. The van der Waals surface area contributed by atoms with Crippen LogP contribution >= 0.6 is 0 Å². The zero-order chi connectivity index (χ0) is 20.1. The van der Waals surface area contributed by atoms with Gasteiger partial charge in [0.15, 0.2) is 0 Å². The zero-order valence-corrected chi connectivity index (χ0v) is 17.5. The molecule has 1 amide bonds. The zero-order valence-electron chi connectivity index (χ0n) is 17.5. The number of unbranched alkanes of at least 4 members (excludes halogenated alkanes) is 1. The highest BCUT2D eigenvalue weighted by molar-refractivity contribution is 5.94. The van der Waals surface area contributed by atoms with Crippen molar-refractivity contribution >= 4 is 17.4 Å². The number of hydrogen-bond donors (Lipinski definition) is 0. The molecule has 0 radical (unpaired) electrons. The molecule has 2 aromatic rings. The number of carbonyl (C=O) groups excluding carboxylic acids is 1. The molecule has 1 aliphatic heterocycles. The molecule has 1 aromatic heterocycles. The van der Waals surface area contributed by atoms with E-state index in [1.807, 2.05) is 49.1 Å². The van der Waals surface area contributed by atoms with E-state index in [1.54, 1.807) is 0 Å². The van der Waals surface area contributed by atoms with E-state index < -0.39 is 0 Å². The van der Waals surface area contributed by atoms with Crippen LogP contribution in [0.3, 0.4) is 0 Å². The van der Waals surface area contributed by atoms with Gasteiger partial charge in [-0.2, -0.15) is 0 Å². The molecular formula is C22H31N5O. The second kappa shape index (κ2) is 9.04. The van der Waals surface area contributed by atoms with E-state index in [1.165, 1.54) is 12.8 Å². The number of nitrogens with zero attached hydrogens (tertiary/aromatic N) is 5. The molecule has 1 aliphatic rings. The van der Waals surface area contributed by atoms with Gasteiger partial charge in [-0.15, -0.1) is 0 Å². The Bertz CT molecular complexity index is 777. The molecule has 0 unspecified atom stereocenters. The fourth-order valence-corrected chi connectivity index (χ4v) is 3.56. The summed E-state index contributed by atoms with van der Waals surface area (Å²) in [5, 5.41) is 0. The molecule has 1 aromatic carbocycles. The summed E-state index contributed by atoms with van der Waals surface area (Å²) in [4.78, 5) is 28.2. The normalized spacial score (nSPS) is 14.3. The molecule has 0 aliphatic carbocycles. The van der Waals surface area contributed by atoms with Crippen molar-refractivity contribution in [3.05, 3.63) is 47.4 Å². The van der Waals surface area contributed by atoms with Crippen LogP contribution in [0, 0.1) is 13.8 Å². The van der Waals surface area contributed by atoms with E-state index in [4.69, 9.17) is 0 Å². The number of rotatable bonds is 6. The third-order valence-corrected chi connectivity index (χ3v) is 5.25. The Kier molecular flexibility index (Phi) is 6.49. The Labute approximate surface area is 168 Å². The van der Waals surface area contributed by atoms with Gasteiger partial charge in [-0.05, 0) is 44.5 Å². The summed E-state index contributed by atoms with van der Waals surface area (Å²) >= 11 is 0. The number of aromatic nitrogens is 2. The lowest BCUT2D eigenvalue weighted by Gasteiger charge is -2.35. The maximum absolute atomic E-state index is 12.9. The molecule has 6 heteroatoms. The Morgan fingerprint density at radius 1 is 1.07 bits per heavy atom. The average Bonchev–Trinajstić information content (AvgIpc) is 2.71. The molecule has 3 rings (SSSR count). The highest BCUT2D eigenvalue weighted by atomic mass is 16.2. The molecule has 1 saturated heterocycles. The maximum atomic E-state index is 12.9. The lowest BCUT2D eigenvalue weighted by Crippen LogP contribution is -2.49. The van der Waals surface area contributed by atoms with Gasteiger partial charge in [0.05, 0.1) is 0 Å². The van der Waals surface area contributed by atoms with Gasteiger partial charge in [-0.3, -0.25) is 4.79 Å². The van der Waals surface area contributed by atoms with Crippen LogP contribution in [0.2, 0.25) is 0 Å². The summed E-state index contributed by atoms with van der Waals surface area (Å²) in [7, 11) is 2.10. The summed E-state index contributed by atoms with van der Waals surface area (Å²) in [6, 6.07) is 10.0. The minimum absolute atomic E-state index is 0.109. The third kappa shape index (κ3) is 4.80. The van der Waals surface area contributed by atoms with E-state index in [0.29, 0.717) is 13.1 Å². The number of aryl methyl sites for hydroxylation is 2. The van der Waals surface area contributed by atoms with Crippen LogP contribution in [0.25, 0.3) is 0 Å². The summed E-state index contributed by atoms with van der Waals surface area (Å²) in [6.07, 6.45) is 2.36. The van der Waals surface area contributed by atoms with Crippen molar-refractivity contribution in [2.75, 3.05) is 49.6 Å². The van der Waals surface area contributed by atoms with Crippen LogP contribution in [0.15, 0.2) is 30.3 Å². The van der Waals surface area contributed by atoms with Gasteiger partial charge >= 0.3 is 0 Å². The fraction of sp³-hybridized carbons (Fsp3) is 0.500. The van der Waals surface area contributed by atoms with Gasteiger partial charge < -0.3 is 14.7 Å². The largest absolute Gasteiger partial charge is 0.375 e. The van der Waals surface area contributed by atoms with E-state index in [0.717, 1.165) is 48.2 Å². The van der Waals surface area contributed by atoms with Crippen molar-refractivity contribution in [1.82, 2.24) is 14.9 Å². The van der Waals surface area contributed by atoms with Crippen molar-refractivity contribution in [3.8, 4) is 0 Å². The van der Waals surface area contributed by atoms with Crippen molar-refractivity contribution in [1.29, 1.82) is 0 Å². The van der Waals surface area contributed by atoms with Crippen molar-refractivity contribution in [2.45, 2.75) is 33.6 Å². The fourth-order valence-electron chi connectivity index (χ4n) is 3.56. The number of piperazine rings is 1. The first-order valence-corrected chi connectivity index (χ1v) is 10.2. The van der Waals surface area contributed by atoms with E-state index >= 15 is 0 Å². The third-order valence-electron chi connectivity index (χ3n) is 5.25. The predicted molar refractivity (Wildman–Crippen MR) is 114 cm³/mol. The monoisotopic (exact) mass is 381 g/mol. The SMILES string of the molecule is CCCCN(C)c1ccc(C(=O)N2CCN(c3cc(C)nc(C)n3)CC2)cc1. The minimum atomic E-state index is 0.109. The van der Waals surface area contributed by atoms with Crippen LogP contribution < -0.4 is 9.80 Å². The number of amides is 1. The Morgan fingerprint density at radius 3 is 2.36 bits per heavy atom. The number of benzene rings is 1. The number of anilines is 2. The lowest BCUT2D eigenvalue weighted by molar-refractivity contribution is 0.0746. The average molecular weight is 382 g/mol.